The summed E-state index contributed by atoms with van der Waals surface area (Å²) in [6.45, 7) is 2.84. The summed E-state index contributed by atoms with van der Waals surface area (Å²) in [5, 5.41) is 6.20. The van der Waals surface area contributed by atoms with Gasteiger partial charge in [-0.2, -0.15) is 0 Å². The topological polar surface area (TPSA) is 64.7 Å². The Labute approximate surface area is 149 Å². The number of hydrogen-bond donors (Lipinski definition) is 2. The average Bonchev–Trinajstić information content (AvgIpc) is 2.68. The van der Waals surface area contributed by atoms with Gasteiger partial charge >= 0.3 is 6.03 Å². The Kier molecular flexibility index (Phi) is 5.91. The summed E-state index contributed by atoms with van der Waals surface area (Å²) in [5.41, 5.74) is 0.786. The molecule has 2 aliphatic heterocycles. The van der Waals surface area contributed by atoms with Crippen molar-refractivity contribution in [3.63, 3.8) is 0 Å². The van der Waals surface area contributed by atoms with E-state index in [0.717, 1.165) is 44.5 Å². The van der Waals surface area contributed by atoms with Crippen LogP contribution in [0.25, 0.3) is 0 Å². The fraction of sp³-hybridized carbons (Fsp3) is 0.579. The molecular weight excluding hydrogens is 316 g/mol. The Balaban J connectivity index is 1.57. The van der Waals surface area contributed by atoms with Crippen LogP contribution in [0, 0.1) is 5.92 Å². The fourth-order valence-electron chi connectivity index (χ4n) is 3.76. The average molecular weight is 344 g/mol. The standard InChI is InChI=1S/C19H28N4O2/c1-20-17-10-6-11-22(14-17)18(24)15-7-5-12-23(13-15)19(25)21-16-8-3-2-4-9-16/h2-4,8-9,15,17,20H,5-7,10-14H2,1H3,(H,21,25). The van der Waals surface area contributed by atoms with Gasteiger partial charge in [0.15, 0.2) is 0 Å². The van der Waals surface area contributed by atoms with Gasteiger partial charge < -0.3 is 20.4 Å². The lowest BCUT2D eigenvalue weighted by molar-refractivity contribution is -0.138. The molecule has 2 unspecified atom stereocenters. The van der Waals surface area contributed by atoms with E-state index in [1.54, 1.807) is 4.90 Å². The summed E-state index contributed by atoms with van der Waals surface area (Å²) in [5.74, 6) is 0.128. The predicted molar refractivity (Wildman–Crippen MR) is 98.4 cm³/mol. The van der Waals surface area contributed by atoms with Crippen LogP contribution in [0.2, 0.25) is 0 Å². The maximum Gasteiger partial charge on any atom is 0.321 e. The van der Waals surface area contributed by atoms with E-state index in [9.17, 15) is 9.59 Å². The van der Waals surface area contributed by atoms with Crippen molar-refractivity contribution in [2.45, 2.75) is 31.7 Å². The molecular formula is C19H28N4O2. The van der Waals surface area contributed by atoms with E-state index in [-0.39, 0.29) is 17.9 Å². The van der Waals surface area contributed by atoms with E-state index in [4.69, 9.17) is 0 Å². The molecule has 3 amide bonds. The first kappa shape index (κ1) is 17.7. The monoisotopic (exact) mass is 344 g/mol. The van der Waals surface area contributed by atoms with Gasteiger partial charge in [-0.1, -0.05) is 18.2 Å². The second-order valence-electron chi connectivity index (χ2n) is 6.99. The first-order valence-corrected chi connectivity index (χ1v) is 9.24. The fourth-order valence-corrected chi connectivity index (χ4v) is 3.76. The number of para-hydroxylation sites is 1. The van der Waals surface area contributed by atoms with Gasteiger partial charge in [-0.15, -0.1) is 0 Å². The Morgan fingerprint density at radius 2 is 1.72 bits per heavy atom. The Bertz CT molecular complexity index is 592. The van der Waals surface area contributed by atoms with Crippen molar-refractivity contribution in [1.29, 1.82) is 0 Å². The molecule has 0 aromatic heterocycles. The molecule has 1 aromatic rings. The molecule has 0 spiro atoms. The minimum atomic E-state index is -0.115. The number of rotatable bonds is 3. The van der Waals surface area contributed by atoms with Gasteiger partial charge in [0.1, 0.15) is 0 Å². The molecule has 3 rings (SSSR count). The predicted octanol–water partition coefficient (Wildman–Crippen LogP) is 2.14. The number of carbonyl (C=O) groups excluding carboxylic acids is 2. The first-order chi connectivity index (χ1) is 12.2. The maximum atomic E-state index is 12.9. The van der Waals surface area contributed by atoms with E-state index >= 15 is 0 Å². The number of urea groups is 1. The largest absolute Gasteiger partial charge is 0.341 e. The van der Waals surface area contributed by atoms with E-state index in [1.807, 2.05) is 42.3 Å². The third kappa shape index (κ3) is 4.51. The van der Waals surface area contributed by atoms with E-state index in [1.165, 1.54) is 0 Å². The molecule has 1 aromatic carbocycles. The zero-order valence-corrected chi connectivity index (χ0v) is 14.9. The summed E-state index contributed by atoms with van der Waals surface area (Å²) in [6, 6.07) is 9.72. The number of benzene rings is 1. The minimum Gasteiger partial charge on any atom is -0.341 e. The van der Waals surface area contributed by atoms with Crippen LogP contribution in [0.4, 0.5) is 10.5 Å². The Morgan fingerprint density at radius 3 is 2.48 bits per heavy atom. The van der Waals surface area contributed by atoms with Crippen LogP contribution in [-0.4, -0.2) is 61.0 Å². The number of piperidine rings is 2. The highest BCUT2D eigenvalue weighted by molar-refractivity contribution is 5.90. The van der Waals surface area contributed by atoms with Crippen molar-refractivity contribution in [2.75, 3.05) is 38.5 Å². The third-order valence-electron chi connectivity index (χ3n) is 5.22. The van der Waals surface area contributed by atoms with Gasteiger partial charge in [-0.25, -0.2) is 4.79 Å². The van der Waals surface area contributed by atoms with E-state index in [0.29, 0.717) is 19.1 Å². The highest BCUT2D eigenvalue weighted by atomic mass is 16.2. The molecule has 0 bridgehead atoms. The molecule has 25 heavy (non-hydrogen) atoms. The van der Waals surface area contributed by atoms with Gasteiger partial charge in [0.2, 0.25) is 5.91 Å². The lowest BCUT2D eigenvalue weighted by atomic mass is 9.95. The molecule has 0 radical (unpaired) electrons. The van der Waals surface area contributed by atoms with Gasteiger partial charge in [0, 0.05) is 37.9 Å². The van der Waals surface area contributed by atoms with E-state index in [2.05, 4.69) is 10.6 Å². The van der Waals surface area contributed by atoms with Gasteiger partial charge in [0.05, 0.1) is 5.92 Å². The van der Waals surface area contributed by atoms with Gasteiger partial charge in [0.25, 0.3) is 0 Å². The highest BCUT2D eigenvalue weighted by Crippen LogP contribution is 2.22. The number of amides is 3. The second kappa shape index (κ2) is 8.34. The second-order valence-corrected chi connectivity index (χ2v) is 6.99. The minimum absolute atomic E-state index is 0.0779. The molecule has 2 heterocycles. The Hall–Kier alpha value is -2.08. The Morgan fingerprint density at radius 1 is 1.00 bits per heavy atom. The van der Waals surface area contributed by atoms with Crippen LogP contribution in [-0.2, 0) is 4.79 Å². The van der Waals surface area contributed by atoms with Crippen LogP contribution in [0.3, 0.4) is 0 Å². The molecule has 2 aliphatic rings. The number of nitrogens with one attached hydrogen (secondary N) is 2. The van der Waals surface area contributed by atoms with Crippen LogP contribution in [0.5, 0.6) is 0 Å². The van der Waals surface area contributed by atoms with Crippen molar-refractivity contribution < 1.29 is 9.59 Å². The zero-order chi connectivity index (χ0) is 17.6. The van der Waals surface area contributed by atoms with Crippen molar-refractivity contribution in [3.8, 4) is 0 Å². The summed E-state index contributed by atoms with van der Waals surface area (Å²) >= 11 is 0. The molecule has 0 aliphatic carbocycles. The van der Waals surface area contributed by atoms with Gasteiger partial charge in [-0.05, 0) is 44.9 Å². The molecule has 0 saturated carbocycles. The SMILES string of the molecule is CNC1CCCN(C(=O)C2CCCN(C(=O)Nc3ccccc3)C2)C1. The summed E-state index contributed by atoms with van der Waals surface area (Å²) < 4.78 is 0. The van der Waals surface area contributed by atoms with Crippen molar-refractivity contribution in [1.82, 2.24) is 15.1 Å². The number of nitrogens with zero attached hydrogens (tertiary/aromatic N) is 2. The summed E-state index contributed by atoms with van der Waals surface area (Å²) in [4.78, 5) is 29.1. The van der Waals surface area contributed by atoms with Crippen LogP contribution in [0.15, 0.2) is 30.3 Å². The maximum absolute atomic E-state index is 12.9. The molecule has 2 atom stereocenters. The lowest BCUT2D eigenvalue weighted by Gasteiger charge is -2.38. The smallest absolute Gasteiger partial charge is 0.321 e. The summed E-state index contributed by atoms with van der Waals surface area (Å²) in [6.07, 6.45) is 3.91. The molecule has 2 saturated heterocycles. The van der Waals surface area contributed by atoms with Crippen LogP contribution in [0.1, 0.15) is 25.7 Å². The molecule has 2 fully saturated rings. The molecule has 6 heteroatoms. The first-order valence-electron chi connectivity index (χ1n) is 9.24. The molecule has 6 nitrogen and oxygen atoms in total. The number of anilines is 1. The lowest BCUT2D eigenvalue weighted by Crippen LogP contribution is -2.52. The zero-order valence-electron chi connectivity index (χ0n) is 14.9. The van der Waals surface area contributed by atoms with Crippen molar-refractivity contribution in [3.05, 3.63) is 30.3 Å². The number of carbonyl (C=O) groups is 2. The quantitative estimate of drug-likeness (QED) is 0.883. The van der Waals surface area contributed by atoms with E-state index < -0.39 is 0 Å². The highest BCUT2D eigenvalue weighted by Gasteiger charge is 2.33. The number of likely N-dealkylation sites (tertiary alicyclic amines) is 2. The van der Waals surface area contributed by atoms with Crippen molar-refractivity contribution >= 4 is 17.6 Å². The normalized spacial score (nSPS) is 24.0. The van der Waals surface area contributed by atoms with Crippen LogP contribution < -0.4 is 10.6 Å². The number of hydrogen-bond acceptors (Lipinski definition) is 3. The molecule has 2 N–H and O–H groups in total. The molecule has 136 valence electrons. The summed E-state index contributed by atoms with van der Waals surface area (Å²) in [7, 11) is 1.95. The number of likely N-dealkylation sites (N-methyl/N-ethyl adjacent to an activating group) is 1. The van der Waals surface area contributed by atoms with Crippen molar-refractivity contribution in [2.24, 2.45) is 5.92 Å². The third-order valence-corrected chi connectivity index (χ3v) is 5.22. The van der Waals surface area contributed by atoms with Crippen LogP contribution >= 0.6 is 0 Å². The van der Waals surface area contributed by atoms with Gasteiger partial charge in [-0.3, -0.25) is 4.79 Å².